The van der Waals surface area contributed by atoms with Crippen molar-refractivity contribution < 1.29 is 13.3 Å². The molecule has 0 aliphatic heterocycles. The molecule has 2 aromatic carbocycles. The quantitative estimate of drug-likeness (QED) is 0.428. The minimum Gasteiger partial charge on any atom is -0.454 e. The van der Waals surface area contributed by atoms with E-state index in [0.717, 1.165) is 10.9 Å². The average molecular weight is 395 g/mol. The van der Waals surface area contributed by atoms with Crippen molar-refractivity contribution in [3.05, 3.63) is 65.3 Å². The van der Waals surface area contributed by atoms with Crippen LogP contribution in [0.1, 0.15) is 5.82 Å². The number of aromatic nitrogens is 4. The number of H-pyrrole nitrogens is 1. The van der Waals surface area contributed by atoms with E-state index < -0.39 is 5.82 Å². The van der Waals surface area contributed by atoms with Crippen LogP contribution in [0.15, 0.2) is 57.6 Å². The monoisotopic (exact) mass is 394 g/mol. The van der Waals surface area contributed by atoms with Crippen LogP contribution in [-0.2, 0) is 0 Å². The molecular weight excluding hydrogens is 383 g/mol. The standard InChI is InChI=1S/C20H12ClFN4O2/c1-10-24-20(28-26-10)11-5-6-16-12(7-11)8-17(27-16)15-9-23-19(25-15)18-13(21)3-2-4-14(18)22/h2-9H,1H3,(H,23,25). The van der Waals surface area contributed by atoms with Crippen molar-refractivity contribution in [2.75, 3.05) is 0 Å². The highest BCUT2D eigenvalue weighted by molar-refractivity contribution is 6.33. The second-order valence-electron chi connectivity index (χ2n) is 6.24. The summed E-state index contributed by atoms with van der Waals surface area (Å²) in [6.45, 7) is 1.76. The molecule has 0 saturated carbocycles. The molecule has 0 aliphatic rings. The molecular formula is C20H12ClFN4O2. The minimum atomic E-state index is -0.447. The lowest BCUT2D eigenvalue weighted by molar-refractivity contribution is 0.425. The van der Waals surface area contributed by atoms with Crippen molar-refractivity contribution in [1.82, 2.24) is 20.1 Å². The van der Waals surface area contributed by atoms with Gasteiger partial charge >= 0.3 is 0 Å². The summed E-state index contributed by atoms with van der Waals surface area (Å²) in [5.74, 6) is 1.44. The van der Waals surface area contributed by atoms with E-state index in [1.807, 2.05) is 24.3 Å². The Balaban J connectivity index is 1.54. The molecule has 5 aromatic rings. The minimum absolute atomic E-state index is 0.223. The molecule has 1 N–H and O–H groups in total. The van der Waals surface area contributed by atoms with Gasteiger partial charge in [-0.1, -0.05) is 22.8 Å². The Bertz CT molecular complexity index is 1300. The third-order valence-corrected chi connectivity index (χ3v) is 4.64. The molecule has 28 heavy (non-hydrogen) atoms. The van der Waals surface area contributed by atoms with Crippen LogP contribution in [0.5, 0.6) is 0 Å². The van der Waals surface area contributed by atoms with E-state index in [-0.39, 0.29) is 10.6 Å². The van der Waals surface area contributed by atoms with E-state index in [0.29, 0.717) is 34.6 Å². The van der Waals surface area contributed by atoms with E-state index in [2.05, 4.69) is 20.1 Å². The number of imidazole rings is 1. The third-order valence-electron chi connectivity index (χ3n) is 4.32. The maximum absolute atomic E-state index is 14.1. The molecule has 3 heterocycles. The summed E-state index contributed by atoms with van der Waals surface area (Å²) in [4.78, 5) is 11.6. The van der Waals surface area contributed by atoms with Crippen molar-refractivity contribution in [3.63, 3.8) is 0 Å². The van der Waals surface area contributed by atoms with Gasteiger partial charge in [-0.3, -0.25) is 0 Å². The summed E-state index contributed by atoms with van der Waals surface area (Å²) in [7, 11) is 0. The zero-order valence-electron chi connectivity index (χ0n) is 14.5. The highest BCUT2D eigenvalue weighted by atomic mass is 35.5. The van der Waals surface area contributed by atoms with Gasteiger partial charge in [0.2, 0.25) is 0 Å². The third kappa shape index (κ3) is 2.76. The SMILES string of the molecule is Cc1noc(-c2ccc3oc(-c4c[nH]c(-c5c(F)cccc5Cl)n4)cc3c2)n1. The Labute approximate surface area is 163 Å². The van der Waals surface area contributed by atoms with Crippen molar-refractivity contribution in [2.45, 2.75) is 6.92 Å². The number of aryl methyl sites for hydroxylation is 1. The summed E-state index contributed by atoms with van der Waals surface area (Å²) in [6.07, 6.45) is 1.65. The number of halogens is 2. The first-order valence-corrected chi connectivity index (χ1v) is 8.81. The highest BCUT2D eigenvalue weighted by Gasteiger charge is 2.16. The number of furan rings is 1. The number of nitrogens with one attached hydrogen (secondary N) is 1. The fourth-order valence-corrected chi connectivity index (χ4v) is 3.27. The van der Waals surface area contributed by atoms with Crippen LogP contribution >= 0.6 is 11.6 Å². The van der Waals surface area contributed by atoms with Crippen molar-refractivity contribution in [1.29, 1.82) is 0 Å². The summed E-state index contributed by atoms with van der Waals surface area (Å²) in [5.41, 5.74) is 2.24. The highest BCUT2D eigenvalue weighted by Crippen LogP contribution is 2.33. The molecule has 8 heteroatoms. The number of nitrogens with zero attached hydrogens (tertiary/aromatic N) is 3. The number of hydrogen-bond donors (Lipinski definition) is 1. The number of hydrogen-bond acceptors (Lipinski definition) is 5. The lowest BCUT2D eigenvalue weighted by Gasteiger charge is -2.01. The lowest BCUT2D eigenvalue weighted by atomic mass is 10.1. The van der Waals surface area contributed by atoms with E-state index in [1.54, 1.807) is 25.3 Å². The van der Waals surface area contributed by atoms with Gasteiger partial charge in [-0.2, -0.15) is 4.98 Å². The molecule has 0 aliphatic carbocycles. The van der Waals surface area contributed by atoms with Gasteiger partial charge < -0.3 is 13.9 Å². The van der Waals surface area contributed by atoms with Crippen LogP contribution in [0.2, 0.25) is 5.02 Å². The first kappa shape index (κ1) is 16.7. The Morgan fingerprint density at radius 2 is 2.00 bits per heavy atom. The first-order valence-electron chi connectivity index (χ1n) is 8.43. The van der Waals surface area contributed by atoms with Crippen LogP contribution in [0, 0.1) is 12.7 Å². The molecule has 6 nitrogen and oxygen atoms in total. The van der Waals surface area contributed by atoms with Crippen molar-refractivity contribution in [3.8, 4) is 34.3 Å². The van der Waals surface area contributed by atoms with Gasteiger partial charge in [-0.05, 0) is 43.3 Å². The average Bonchev–Trinajstić information content (AvgIpc) is 3.39. The smallest absolute Gasteiger partial charge is 0.257 e. The molecule has 3 aromatic heterocycles. The summed E-state index contributed by atoms with van der Waals surface area (Å²) >= 11 is 6.12. The Kier molecular flexibility index (Phi) is 3.77. The zero-order valence-corrected chi connectivity index (χ0v) is 15.3. The van der Waals surface area contributed by atoms with Gasteiger partial charge in [0.15, 0.2) is 11.6 Å². The van der Waals surface area contributed by atoms with Gasteiger partial charge in [0.1, 0.15) is 22.9 Å². The van der Waals surface area contributed by atoms with Gasteiger partial charge in [-0.15, -0.1) is 0 Å². The maximum Gasteiger partial charge on any atom is 0.257 e. The van der Waals surface area contributed by atoms with Crippen LogP contribution in [0.3, 0.4) is 0 Å². The second-order valence-corrected chi connectivity index (χ2v) is 6.65. The van der Waals surface area contributed by atoms with Gasteiger partial charge in [0.05, 0.1) is 10.6 Å². The largest absolute Gasteiger partial charge is 0.454 e. The van der Waals surface area contributed by atoms with Gasteiger partial charge in [-0.25, -0.2) is 9.37 Å². The zero-order chi connectivity index (χ0) is 19.3. The summed E-state index contributed by atoms with van der Waals surface area (Å²) in [6, 6.07) is 11.9. The fourth-order valence-electron chi connectivity index (χ4n) is 3.02. The van der Waals surface area contributed by atoms with E-state index >= 15 is 0 Å². The maximum atomic E-state index is 14.1. The second kappa shape index (κ2) is 6.31. The molecule has 0 fully saturated rings. The predicted molar refractivity (Wildman–Crippen MR) is 102 cm³/mol. The molecule has 0 atom stereocenters. The molecule has 5 rings (SSSR count). The molecule has 138 valence electrons. The lowest BCUT2D eigenvalue weighted by Crippen LogP contribution is -1.87. The Morgan fingerprint density at radius 1 is 1.11 bits per heavy atom. The first-order chi connectivity index (χ1) is 13.6. The number of rotatable bonds is 3. The van der Waals surface area contributed by atoms with Gasteiger partial charge in [0, 0.05) is 17.1 Å². The fraction of sp³-hybridized carbons (Fsp3) is 0.0500. The molecule has 0 saturated heterocycles. The Morgan fingerprint density at radius 3 is 2.79 bits per heavy atom. The number of fused-ring (bicyclic) bond motifs is 1. The topological polar surface area (TPSA) is 80.7 Å². The van der Waals surface area contributed by atoms with Crippen molar-refractivity contribution >= 4 is 22.6 Å². The molecule has 0 radical (unpaired) electrons. The van der Waals surface area contributed by atoms with Crippen LogP contribution in [0.4, 0.5) is 4.39 Å². The van der Waals surface area contributed by atoms with E-state index in [9.17, 15) is 4.39 Å². The Hall–Kier alpha value is -3.45. The molecule has 0 spiro atoms. The van der Waals surface area contributed by atoms with E-state index in [1.165, 1.54) is 6.07 Å². The van der Waals surface area contributed by atoms with E-state index in [4.69, 9.17) is 20.5 Å². The number of benzene rings is 2. The van der Waals surface area contributed by atoms with Crippen LogP contribution in [-0.4, -0.2) is 20.1 Å². The summed E-state index contributed by atoms with van der Waals surface area (Å²) in [5, 5.41) is 4.95. The molecule has 0 amide bonds. The number of aromatic amines is 1. The predicted octanol–water partition coefficient (Wildman–Crippen LogP) is 5.64. The molecule has 0 bridgehead atoms. The molecule has 0 unspecified atom stereocenters. The normalized spacial score (nSPS) is 11.4. The summed E-state index contributed by atoms with van der Waals surface area (Å²) < 4.78 is 25.2. The van der Waals surface area contributed by atoms with Crippen LogP contribution in [0.25, 0.3) is 45.3 Å². The van der Waals surface area contributed by atoms with Crippen LogP contribution < -0.4 is 0 Å². The van der Waals surface area contributed by atoms with Crippen molar-refractivity contribution in [2.24, 2.45) is 0 Å². The van der Waals surface area contributed by atoms with Gasteiger partial charge in [0.25, 0.3) is 5.89 Å².